The van der Waals surface area contributed by atoms with E-state index in [1.165, 1.54) is 15.3 Å². The van der Waals surface area contributed by atoms with Gasteiger partial charge in [0.25, 0.3) is 0 Å². The summed E-state index contributed by atoms with van der Waals surface area (Å²) in [7, 11) is 0. The Morgan fingerprint density at radius 3 is 2.44 bits per heavy atom. The number of rotatable bonds is 7. The fourth-order valence-corrected chi connectivity index (χ4v) is 2.75. The molecule has 0 saturated heterocycles. The van der Waals surface area contributed by atoms with E-state index < -0.39 is 0 Å². The highest BCUT2D eigenvalue weighted by Gasteiger charge is 2.01. The van der Waals surface area contributed by atoms with Crippen LogP contribution in [-0.4, -0.2) is 31.1 Å². The van der Waals surface area contributed by atoms with Crippen molar-refractivity contribution in [2.75, 3.05) is 26.2 Å². The summed E-state index contributed by atoms with van der Waals surface area (Å²) in [5, 5.41) is 3.51. The lowest BCUT2D eigenvalue weighted by atomic mass is 10.3. The van der Waals surface area contributed by atoms with Crippen LogP contribution in [0.3, 0.4) is 0 Å². The van der Waals surface area contributed by atoms with Gasteiger partial charge >= 0.3 is 0 Å². The van der Waals surface area contributed by atoms with Crippen LogP contribution in [-0.2, 0) is 6.54 Å². The zero-order valence-corrected chi connectivity index (χ0v) is 11.8. The summed E-state index contributed by atoms with van der Waals surface area (Å²) in [5.74, 6) is 0. The molecular weight excluding hydrogens is 216 g/mol. The van der Waals surface area contributed by atoms with Gasteiger partial charge in [0.2, 0.25) is 0 Å². The summed E-state index contributed by atoms with van der Waals surface area (Å²) in [6.45, 7) is 14.4. The summed E-state index contributed by atoms with van der Waals surface area (Å²) >= 11 is 1.91. The molecule has 0 radical (unpaired) electrons. The first-order chi connectivity index (χ1) is 7.67. The Balaban J connectivity index is 2.20. The molecule has 1 aromatic heterocycles. The molecule has 1 rings (SSSR count). The molecular formula is C13H24N2S. The molecule has 1 N–H and O–H groups in total. The molecule has 0 aliphatic heterocycles. The summed E-state index contributed by atoms with van der Waals surface area (Å²) in [6, 6.07) is 2.30. The third-order valence-electron chi connectivity index (χ3n) is 3.02. The van der Waals surface area contributed by atoms with Crippen LogP contribution >= 0.6 is 11.3 Å². The van der Waals surface area contributed by atoms with E-state index in [1.54, 1.807) is 0 Å². The Hall–Kier alpha value is -0.380. The van der Waals surface area contributed by atoms with Gasteiger partial charge in [-0.15, -0.1) is 11.3 Å². The quantitative estimate of drug-likeness (QED) is 0.737. The SMILES string of the molecule is CCN(CC)CCNCc1cc(C)c(C)s1. The smallest absolute Gasteiger partial charge is 0.0300 e. The molecule has 0 fully saturated rings. The molecule has 0 spiro atoms. The summed E-state index contributed by atoms with van der Waals surface area (Å²) in [4.78, 5) is 5.34. The zero-order valence-electron chi connectivity index (χ0n) is 11.0. The van der Waals surface area contributed by atoms with Crippen LogP contribution in [0, 0.1) is 13.8 Å². The van der Waals surface area contributed by atoms with Crippen LogP contribution in [0.4, 0.5) is 0 Å². The fraction of sp³-hybridized carbons (Fsp3) is 0.692. The summed E-state index contributed by atoms with van der Waals surface area (Å²) < 4.78 is 0. The second kappa shape index (κ2) is 7.05. The number of hydrogen-bond donors (Lipinski definition) is 1. The Labute approximate surface area is 104 Å². The number of likely N-dealkylation sites (N-methyl/N-ethyl adjacent to an activating group) is 1. The minimum absolute atomic E-state index is 1.01. The van der Waals surface area contributed by atoms with Gasteiger partial charge in [0.15, 0.2) is 0 Å². The van der Waals surface area contributed by atoms with Gasteiger partial charge in [-0.3, -0.25) is 0 Å². The van der Waals surface area contributed by atoms with Gasteiger partial charge in [-0.05, 0) is 38.6 Å². The van der Waals surface area contributed by atoms with Crippen molar-refractivity contribution < 1.29 is 0 Å². The minimum Gasteiger partial charge on any atom is -0.311 e. The van der Waals surface area contributed by atoms with Gasteiger partial charge < -0.3 is 10.2 Å². The van der Waals surface area contributed by atoms with Gasteiger partial charge in [-0.1, -0.05) is 13.8 Å². The van der Waals surface area contributed by atoms with Gasteiger partial charge in [0.1, 0.15) is 0 Å². The van der Waals surface area contributed by atoms with Crippen molar-refractivity contribution in [1.29, 1.82) is 0 Å². The van der Waals surface area contributed by atoms with E-state index >= 15 is 0 Å². The third-order valence-corrected chi connectivity index (χ3v) is 4.17. The Morgan fingerprint density at radius 1 is 1.25 bits per heavy atom. The lowest BCUT2D eigenvalue weighted by molar-refractivity contribution is 0.302. The standard InChI is InChI=1S/C13H24N2S/c1-5-15(6-2)8-7-14-10-13-9-11(3)12(4)16-13/h9,14H,5-8,10H2,1-4H3. The first-order valence-corrected chi connectivity index (χ1v) is 6.98. The highest BCUT2D eigenvalue weighted by atomic mass is 32.1. The lowest BCUT2D eigenvalue weighted by Crippen LogP contribution is -2.31. The van der Waals surface area contributed by atoms with E-state index in [0.29, 0.717) is 0 Å². The number of aryl methyl sites for hydroxylation is 2. The summed E-state index contributed by atoms with van der Waals surface area (Å²) in [6.07, 6.45) is 0. The Morgan fingerprint density at radius 2 is 1.94 bits per heavy atom. The molecule has 1 heterocycles. The summed E-state index contributed by atoms with van der Waals surface area (Å²) in [5.41, 5.74) is 1.42. The molecule has 0 aliphatic rings. The van der Waals surface area contributed by atoms with Crippen molar-refractivity contribution in [1.82, 2.24) is 10.2 Å². The molecule has 0 amide bonds. The van der Waals surface area contributed by atoms with Crippen molar-refractivity contribution >= 4 is 11.3 Å². The molecule has 2 nitrogen and oxygen atoms in total. The fourth-order valence-electron chi connectivity index (χ4n) is 1.73. The number of nitrogens with one attached hydrogen (secondary N) is 1. The Bertz CT molecular complexity index is 283. The average Bonchev–Trinajstić information content (AvgIpc) is 2.59. The maximum Gasteiger partial charge on any atom is 0.0300 e. The largest absolute Gasteiger partial charge is 0.311 e. The molecule has 0 bridgehead atoms. The normalized spacial score (nSPS) is 11.3. The maximum atomic E-state index is 3.51. The van der Waals surface area contributed by atoms with Crippen LogP contribution in [0.5, 0.6) is 0 Å². The maximum absolute atomic E-state index is 3.51. The minimum atomic E-state index is 1.01. The van der Waals surface area contributed by atoms with Crippen molar-refractivity contribution in [3.63, 3.8) is 0 Å². The van der Waals surface area contributed by atoms with Crippen molar-refractivity contribution in [2.45, 2.75) is 34.2 Å². The van der Waals surface area contributed by atoms with Crippen LogP contribution in [0.25, 0.3) is 0 Å². The molecule has 0 aromatic carbocycles. The van der Waals surface area contributed by atoms with E-state index in [4.69, 9.17) is 0 Å². The third kappa shape index (κ3) is 4.24. The molecule has 0 unspecified atom stereocenters. The predicted octanol–water partition coefficient (Wildman–Crippen LogP) is 2.80. The second-order valence-electron chi connectivity index (χ2n) is 4.16. The monoisotopic (exact) mass is 240 g/mol. The molecule has 0 aliphatic carbocycles. The average molecular weight is 240 g/mol. The first-order valence-electron chi connectivity index (χ1n) is 6.16. The molecule has 3 heteroatoms. The van der Waals surface area contributed by atoms with E-state index in [9.17, 15) is 0 Å². The van der Waals surface area contributed by atoms with E-state index in [2.05, 4.69) is 44.0 Å². The van der Waals surface area contributed by atoms with Crippen LogP contribution in [0.1, 0.15) is 29.2 Å². The Kier molecular flexibility index (Phi) is 6.03. The van der Waals surface area contributed by atoms with Crippen molar-refractivity contribution in [3.8, 4) is 0 Å². The number of hydrogen-bond acceptors (Lipinski definition) is 3. The highest BCUT2D eigenvalue weighted by molar-refractivity contribution is 7.12. The van der Waals surface area contributed by atoms with Crippen molar-refractivity contribution in [2.24, 2.45) is 0 Å². The zero-order chi connectivity index (χ0) is 12.0. The van der Waals surface area contributed by atoms with Crippen LogP contribution in [0.2, 0.25) is 0 Å². The highest BCUT2D eigenvalue weighted by Crippen LogP contribution is 2.19. The van der Waals surface area contributed by atoms with Crippen LogP contribution in [0.15, 0.2) is 6.07 Å². The molecule has 92 valence electrons. The van der Waals surface area contributed by atoms with Gasteiger partial charge in [0, 0.05) is 29.4 Å². The van der Waals surface area contributed by atoms with E-state index in [-0.39, 0.29) is 0 Å². The van der Waals surface area contributed by atoms with Gasteiger partial charge in [0.05, 0.1) is 0 Å². The molecule has 16 heavy (non-hydrogen) atoms. The predicted molar refractivity (Wildman–Crippen MR) is 73.3 cm³/mol. The number of thiophene rings is 1. The molecule has 0 atom stereocenters. The first kappa shape index (κ1) is 13.7. The molecule has 1 aromatic rings. The topological polar surface area (TPSA) is 15.3 Å². The number of nitrogens with zero attached hydrogens (tertiary/aromatic N) is 1. The van der Waals surface area contributed by atoms with Gasteiger partial charge in [-0.25, -0.2) is 0 Å². The van der Waals surface area contributed by atoms with Gasteiger partial charge in [-0.2, -0.15) is 0 Å². The van der Waals surface area contributed by atoms with Crippen molar-refractivity contribution in [3.05, 3.63) is 21.4 Å². The lowest BCUT2D eigenvalue weighted by Gasteiger charge is -2.17. The van der Waals surface area contributed by atoms with E-state index in [1.807, 2.05) is 11.3 Å². The van der Waals surface area contributed by atoms with E-state index in [0.717, 1.165) is 32.7 Å². The van der Waals surface area contributed by atoms with Crippen LogP contribution < -0.4 is 5.32 Å². The molecule has 0 saturated carbocycles. The second-order valence-corrected chi connectivity index (χ2v) is 5.50.